The van der Waals surface area contributed by atoms with Gasteiger partial charge in [0.25, 0.3) is 11.8 Å². The number of rotatable bonds is 3. The lowest BCUT2D eigenvalue weighted by Gasteiger charge is -2.05. The number of benzene rings is 2. The Kier molecular flexibility index (Phi) is 3.66. The van der Waals surface area contributed by atoms with Crippen LogP contribution < -0.4 is 0 Å². The first-order chi connectivity index (χ1) is 10.7. The molecule has 2 aromatic carbocycles. The fourth-order valence-electron chi connectivity index (χ4n) is 2.28. The van der Waals surface area contributed by atoms with Gasteiger partial charge >= 0.3 is 0 Å². The van der Waals surface area contributed by atoms with E-state index in [4.69, 9.17) is 0 Å². The third kappa shape index (κ3) is 2.59. The first-order valence-electron chi connectivity index (χ1n) is 6.92. The van der Waals surface area contributed by atoms with E-state index in [9.17, 15) is 9.59 Å². The van der Waals surface area contributed by atoms with Crippen molar-refractivity contribution in [2.45, 2.75) is 6.92 Å². The van der Waals surface area contributed by atoms with E-state index in [-0.39, 0.29) is 11.8 Å². The second-order valence-electron chi connectivity index (χ2n) is 5.01. The standard InChI is InChI=1S/C18H14N2O2/c1-13(11-14-7-3-2-4-8-14)12-19-20-17(21)15-9-5-6-10-16(15)18(20)22/h2-12H,1H3/b13-11+,19-12-. The molecule has 4 nitrogen and oxygen atoms in total. The minimum absolute atomic E-state index is 0.385. The van der Waals surface area contributed by atoms with Crippen LogP contribution in [0.5, 0.6) is 0 Å². The number of amides is 2. The van der Waals surface area contributed by atoms with E-state index in [1.54, 1.807) is 24.3 Å². The first-order valence-corrected chi connectivity index (χ1v) is 6.92. The molecule has 0 radical (unpaired) electrons. The Bertz CT molecular complexity index is 757. The zero-order valence-corrected chi connectivity index (χ0v) is 12.1. The molecule has 0 N–H and O–H groups in total. The zero-order valence-electron chi connectivity index (χ0n) is 12.1. The second kappa shape index (κ2) is 5.77. The highest BCUT2D eigenvalue weighted by Crippen LogP contribution is 2.22. The number of carbonyl (C=O) groups is 2. The van der Waals surface area contributed by atoms with Crippen LogP contribution in [0.1, 0.15) is 33.2 Å². The van der Waals surface area contributed by atoms with Crippen LogP contribution in [0.2, 0.25) is 0 Å². The van der Waals surface area contributed by atoms with Crippen LogP contribution in [0.25, 0.3) is 6.08 Å². The fraction of sp³-hybridized carbons (Fsp3) is 0.0556. The molecule has 0 fully saturated rings. The summed E-state index contributed by atoms with van der Waals surface area (Å²) in [7, 11) is 0. The van der Waals surface area contributed by atoms with Gasteiger partial charge in [0, 0.05) is 0 Å². The fourth-order valence-corrected chi connectivity index (χ4v) is 2.28. The van der Waals surface area contributed by atoms with Crippen molar-refractivity contribution in [3.05, 3.63) is 76.9 Å². The van der Waals surface area contributed by atoms with Gasteiger partial charge in [0.05, 0.1) is 17.3 Å². The molecule has 0 saturated carbocycles. The summed E-state index contributed by atoms with van der Waals surface area (Å²) >= 11 is 0. The van der Waals surface area contributed by atoms with Gasteiger partial charge in [-0.3, -0.25) is 9.59 Å². The van der Waals surface area contributed by atoms with Crippen LogP contribution in [0.4, 0.5) is 0 Å². The van der Waals surface area contributed by atoms with Gasteiger partial charge in [-0.1, -0.05) is 48.5 Å². The predicted molar refractivity (Wildman–Crippen MR) is 85.5 cm³/mol. The van der Waals surface area contributed by atoms with Gasteiger partial charge in [-0.25, -0.2) is 0 Å². The van der Waals surface area contributed by atoms with Gasteiger partial charge in [-0.05, 0) is 30.2 Å². The van der Waals surface area contributed by atoms with E-state index in [1.807, 2.05) is 43.3 Å². The molecule has 3 rings (SSSR count). The van der Waals surface area contributed by atoms with Crippen molar-refractivity contribution in [1.29, 1.82) is 0 Å². The number of hydrogen-bond acceptors (Lipinski definition) is 3. The highest BCUT2D eigenvalue weighted by Gasteiger charge is 2.35. The second-order valence-corrected chi connectivity index (χ2v) is 5.01. The summed E-state index contributed by atoms with van der Waals surface area (Å²) in [5.41, 5.74) is 2.68. The van der Waals surface area contributed by atoms with Crippen molar-refractivity contribution >= 4 is 24.1 Å². The normalized spacial score (nSPS) is 14.8. The average Bonchev–Trinajstić information content (AvgIpc) is 2.78. The molecule has 1 heterocycles. The molecule has 0 bridgehead atoms. The topological polar surface area (TPSA) is 49.7 Å². The van der Waals surface area contributed by atoms with Crippen LogP contribution in [0, 0.1) is 0 Å². The Hall–Kier alpha value is -3.01. The molecule has 0 saturated heterocycles. The lowest BCUT2D eigenvalue weighted by Crippen LogP contribution is -2.23. The molecular weight excluding hydrogens is 276 g/mol. The van der Waals surface area contributed by atoms with Crippen LogP contribution in [-0.4, -0.2) is 23.0 Å². The Labute approximate surface area is 128 Å². The summed E-state index contributed by atoms with van der Waals surface area (Å²) in [5, 5.41) is 4.95. The molecule has 1 aliphatic heterocycles. The smallest absolute Gasteiger partial charge is 0.267 e. The lowest BCUT2D eigenvalue weighted by atomic mass is 10.1. The molecule has 0 aromatic heterocycles. The number of fused-ring (bicyclic) bond motifs is 1. The predicted octanol–water partition coefficient (Wildman–Crippen LogP) is 3.37. The lowest BCUT2D eigenvalue weighted by molar-refractivity contribution is 0.0660. The molecule has 4 heteroatoms. The van der Waals surface area contributed by atoms with Crippen LogP contribution in [-0.2, 0) is 0 Å². The van der Waals surface area contributed by atoms with Crippen LogP contribution in [0.15, 0.2) is 65.3 Å². The van der Waals surface area contributed by atoms with E-state index in [0.717, 1.165) is 16.1 Å². The Morgan fingerprint density at radius 3 is 2.05 bits per heavy atom. The maximum atomic E-state index is 12.1. The summed E-state index contributed by atoms with van der Waals surface area (Å²) < 4.78 is 0. The SMILES string of the molecule is CC(/C=N\N1C(=O)c2ccccc2C1=O)=C\c1ccccc1. The number of hydrogen-bond donors (Lipinski definition) is 0. The zero-order chi connectivity index (χ0) is 15.5. The van der Waals surface area contributed by atoms with Crippen molar-refractivity contribution in [2.75, 3.05) is 0 Å². The molecule has 1 aliphatic rings. The van der Waals surface area contributed by atoms with Crippen LogP contribution >= 0.6 is 0 Å². The first kappa shape index (κ1) is 13.9. The van der Waals surface area contributed by atoms with Crippen molar-refractivity contribution in [2.24, 2.45) is 5.10 Å². The quantitative estimate of drug-likeness (QED) is 0.643. The van der Waals surface area contributed by atoms with E-state index >= 15 is 0 Å². The van der Waals surface area contributed by atoms with Crippen LogP contribution in [0.3, 0.4) is 0 Å². The average molecular weight is 290 g/mol. The van der Waals surface area contributed by atoms with E-state index in [1.165, 1.54) is 6.21 Å². The van der Waals surface area contributed by atoms with E-state index < -0.39 is 0 Å². The monoisotopic (exact) mass is 290 g/mol. The van der Waals surface area contributed by atoms with Crippen molar-refractivity contribution in [1.82, 2.24) is 5.01 Å². The van der Waals surface area contributed by atoms with Crippen molar-refractivity contribution < 1.29 is 9.59 Å². The van der Waals surface area contributed by atoms with Gasteiger partial charge in [-0.15, -0.1) is 0 Å². The Morgan fingerprint density at radius 2 is 1.45 bits per heavy atom. The van der Waals surface area contributed by atoms with Gasteiger partial charge in [0.15, 0.2) is 0 Å². The third-order valence-electron chi connectivity index (χ3n) is 3.34. The minimum atomic E-state index is -0.385. The highest BCUT2D eigenvalue weighted by atomic mass is 16.2. The summed E-state index contributed by atoms with van der Waals surface area (Å²) in [6.45, 7) is 1.87. The highest BCUT2D eigenvalue weighted by molar-refractivity contribution is 6.21. The minimum Gasteiger partial charge on any atom is -0.267 e. The van der Waals surface area contributed by atoms with Gasteiger partial charge in [0.1, 0.15) is 0 Å². The molecule has 2 amide bonds. The number of imide groups is 1. The summed E-state index contributed by atoms with van der Waals surface area (Å²) in [6, 6.07) is 16.5. The molecule has 2 aromatic rings. The number of nitrogens with zero attached hydrogens (tertiary/aromatic N) is 2. The Balaban J connectivity index is 1.81. The number of carbonyl (C=O) groups excluding carboxylic acids is 2. The molecule has 22 heavy (non-hydrogen) atoms. The molecule has 108 valence electrons. The van der Waals surface area contributed by atoms with Crippen molar-refractivity contribution in [3.63, 3.8) is 0 Å². The van der Waals surface area contributed by atoms with Gasteiger partial charge < -0.3 is 0 Å². The van der Waals surface area contributed by atoms with E-state index in [2.05, 4.69) is 5.10 Å². The maximum absolute atomic E-state index is 12.1. The van der Waals surface area contributed by atoms with Crippen molar-refractivity contribution in [3.8, 4) is 0 Å². The van der Waals surface area contributed by atoms with Gasteiger partial charge in [0.2, 0.25) is 0 Å². The molecule has 0 unspecified atom stereocenters. The summed E-state index contributed by atoms with van der Waals surface area (Å²) in [5.74, 6) is -0.770. The molecule has 0 atom stereocenters. The Morgan fingerprint density at radius 1 is 0.909 bits per heavy atom. The maximum Gasteiger partial charge on any atom is 0.282 e. The van der Waals surface area contributed by atoms with E-state index in [0.29, 0.717) is 11.1 Å². The third-order valence-corrected chi connectivity index (χ3v) is 3.34. The summed E-state index contributed by atoms with van der Waals surface area (Å²) in [6.07, 6.45) is 3.45. The number of allylic oxidation sites excluding steroid dienone is 1. The molecule has 0 spiro atoms. The largest absolute Gasteiger partial charge is 0.282 e. The molecular formula is C18H14N2O2. The number of hydrazone groups is 1. The molecule has 0 aliphatic carbocycles. The van der Waals surface area contributed by atoms with Gasteiger partial charge in [-0.2, -0.15) is 10.1 Å². The summed E-state index contributed by atoms with van der Waals surface area (Å²) in [4.78, 5) is 24.3.